The van der Waals surface area contributed by atoms with Crippen LogP contribution in [0.4, 0.5) is 5.69 Å². The molecule has 0 radical (unpaired) electrons. The molecule has 36 heavy (non-hydrogen) atoms. The Labute approximate surface area is 219 Å². The predicted molar refractivity (Wildman–Crippen MR) is 146 cm³/mol. The minimum atomic E-state index is -1.94. The third kappa shape index (κ3) is 4.41. The van der Waals surface area contributed by atoms with Gasteiger partial charge >= 0.3 is 0 Å². The highest BCUT2D eigenvalue weighted by molar-refractivity contribution is 9.10. The van der Waals surface area contributed by atoms with Gasteiger partial charge in [0.2, 0.25) is 0 Å². The second-order valence-electron chi connectivity index (χ2n) is 9.39. The Morgan fingerprint density at radius 2 is 1.58 bits per heavy atom. The van der Waals surface area contributed by atoms with Crippen molar-refractivity contribution in [3.8, 4) is 11.1 Å². The fourth-order valence-corrected chi connectivity index (χ4v) is 5.17. The number of halogens is 1. The van der Waals surface area contributed by atoms with Crippen molar-refractivity contribution in [1.82, 2.24) is 0 Å². The van der Waals surface area contributed by atoms with Crippen LogP contribution in [-0.2, 0) is 16.9 Å². The van der Waals surface area contributed by atoms with Crippen LogP contribution in [0.2, 0.25) is 0 Å². The molecule has 0 unspecified atom stereocenters. The molecular weight excluding hydrogens is 514 g/mol. The lowest BCUT2D eigenvalue weighted by molar-refractivity contribution is -0.136. The van der Waals surface area contributed by atoms with E-state index >= 15 is 0 Å². The van der Waals surface area contributed by atoms with E-state index in [0.29, 0.717) is 23.4 Å². The van der Waals surface area contributed by atoms with Gasteiger partial charge in [0, 0.05) is 15.6 Å². The van der Waals surface area contributed by atoms with Crippen LogP contribution in [0.15, 0.2) is 95.5 Å². The maximum Gasteiger partial charge on any atom is 0.264 e. The van der Waals surface area contributed by atoms with Gasteiger partial charge in [-0.15, -0.1) is 0 Å². The summed E-state index contributed by atoms with van der Waals surface area (Å²) in [5.74, 6) is -0.768. The number of hydrogen-bond donors (Lipinski definition) is 1. The van der Waals surface area contributed by atoms with Gasteiger partial charge in [-0.2, -0.15) is 0 Å². The highest BCUT2D eigenvalue weighted by Crippen LogP contribution is 2.45. The van der Waals surface area contributed by atoms with Gasteiger partial charge in [-0.25, -0.2) is 0 Å². The quantitative estimate of drug-likeness (QED) is 0.276. The molecule has 180 valence electrons. The smallest absolute Gasteiger partial charge is 0.264 e. The highest BCUT2D eigenvalue weighted by atomic mass is 79.9. The van der Waals surface area contributed by atoms with Gasteiger partial charge in [-0.1, -0.05) is 94.3 Å². The predicted octanol–water partition coefficient (Wildman–Crippen LogP) is 6.74. The number of ketones is 1. The van der Waals surface area contributed by atoms with Crippen LogP contribution in [0, 0.1) is 13.8 Å². The number of amides is 1. The van der Waals surface area contributed by atoms with E-state index in [1.54, 1.807) is 23.1 Å². The summed E-state index contributed by atoms with van der Waals surface area (Å²) >= 11 is 3.46. The SMILES string of the molecule is Cc1ccc(C)c(CN2C(=O)[C@@](O)(CC(=O)c3ccc(-c4ccccc4)cc3)c3cc(Br)ccc32)c1. The first kappa shape index (κ1) is 24.2. The lowest BCUT2D eigenvalue weighted by Gasteiger charge is -2.23. The van der Waals surface area contributed by atoms with Crippen LogP contribution < -0.4 is 4.90 Å². The molecule has 0 bridgehead atoms. The van der Waals surface area contributed by atoms with Crippen molar-refractivity contribution >= 4 is 33.3 Å². The van der Waals surface area contributed by atoms with E-state index in [-0.39, 0.29) is 12.2 Å². The number of fused-ring (bicyclic) bond motifs is 1. The molecular formula is C31H26BrNO3. The third-order valence-corrected chi connectivity index (χ3v) is 7.35. The first-order valence-electron chi connectivity index (χ1n) is 11.9. The van der Waals surface area contributed by atoms with Crippen LogP contribution in [0.5, 0.6) is 0 Å². The van der Waals surface area contributed by atoms with Crippen molar-refractivity contribution in [3.05, 3.63) is 123 Å². The number of aliphatic hydroxyl groups is 1. The van der Waals surface area contributed by atoms with Crippen LogP contribution >= 0.6 is 15.9 Å². The maximum atomic E-state index is 13.7. The zero-order valence-electron chi connectivity index (χ0n) is 20.2. The van der Waals surface area contributed by atoms with Crippen molar-refractivity contribution in [3.63, 3.8) is 0 Å². The Bertz CT molecular complexity index is 1460. The van der Waals surface area contributed by atoms with Crippen LogP contribution in [0.3, 0.4) is 0 Å². The van der Waals surface area contributed by atoms with Crippen molar-refractivity contribution in [2.45, 2.75) is 32.4 Å². The molecule has 0 aromatic heterocycles. The number of aryl methyl sites for hydroxylation is 2. The fourth-order valence-electron chi connectivity index (χ4n) is 4.81. The van der Waals surface area contributed by atoms with Gasteiger partial charge in [0.15, 0.2) is 11.4 Å². The second-order valence-corrected chi connectivity index (χ2v) is 10.3. The molecule has 1 aliphatic heterocycles. The Morgan fingerprint density at radius 3 is 2.31 bits per heavy atom. The Balaban J connectivity index is 1.45. The average Bonchev–Trinajstić information content (AvgIpc) is 3.08. The zero-order valence-corrected chi connectivity index (χ0v) is 21.7. The zero-order chi connectivity index (χ0) is 25.4. The van der Waals surface area contributed by atoms with Crippen LogP contribution in [-0.4, -0.2) is 16.8 Å². The summed E-state index contributed by atoms with van der Waals surface area (Å²) in [6, 6.07) is 28.7. The van der Waals surface area contributed by atoms with Gasteiger partial charge in [0.1, 0.15) is 0 Å². The van der Waals surface area contributed by atoms with Crippen molar-refractivity contribution < 1.29 is 14.7 Å². The second kappa shape index (κ2) is 9.49. The van der Waals surface area contributed by atoms with Crippen LogP contribution in [0.1, 0.15) is 39.0 Å². The van der Waals surface area contributed by atoms with E-state index < -0.39 is 11.5 Å². The molecule has 1 aliphatic rings. The van der Waals surface area contributed by atoms with Crippen molar-refractivity contribution in [2.75, 3.05) is 4.90 Å². The molecule has 0 saturated heterocycles. The molecule has 1 heterocycles. The lowest BCUT2D eigenvalue weighted by Crippen LogP contribution is -2.41. The number of carbonyl (C=O) groups excluding carboxylic acids is 2. The summed E-state index contributed by atoms with van der Waals surface area (Å²) in [5, 5.41) is 11.7. The molecule has 4 aromatic rings. The summed E-state index contributed by atoms with van der Waals surface area (Å²) in [4.78, 5) is 28.6. The molecule has 0 aliphatic carbocycles. The van der Waals surface area contributed by atoms with E-state index in [1.807, 2.05) is 80.6 Å². The van der Waals surface area contributed by atoms with Gasteiger partial charge < -0.3 is 10.0 Å². The first-order valence-corrected chi connectivity index (χ1v) is 12.6. The first-order chi connectivity index (χ1) is 17.3. The summed E-state index contributed by atoms with van der Waals surface area (Å²) in [6.45, 7) is 4.34. The van der Waals surface area contributed by atoms with Crippen molar-refractivity contribution in [2.24, 2.45) is 0 Å². The van der Waals surface area contributed by atoms with E-state index in [2.05, 4.69) is 22.0 Å². The van der Waals surface area contributed by atoms with E-state index in [9.17, 15) is 14.7 Å². The number of hydrogen-bond acceptors (Lipinski definition) is 3. The minimum absolute atomic E-state index is 0.287. The standard InChI is InChI=1S/C31H26BrNO3/c1-20-8-9-21(2)25(16-20)19-33-28-15-14-26(32)17-27(28)31(36,30(33)35)18-29(34)24-12-10-23(11-13-24)22-6-4-3-5-7-22/h3-17,36H,18-19H2,1-2H3/t31-/m1/s1. The Morgan fingerprint density at radius 1 is 0.889 bits per heavy atom. The monoisotopic (exact) mass is 539 g/mol. The normalized spacial score (nSPS) is 16.8. The summed E-state index contributed by atoms with van der Waals surface area (Å²) in [7, 11) is 0. The number of nitrogens with zero attached hydrogens (tertiary/aromatic N) is 1. The number of anilines is 1. The molecule has 4 nitrogen and oxygen atoms in total. The van der Waals surface area contributed by atoms with Gasteiger partial charge in [0.05, 0.1) is 18.7 Å². The topological polar surface area (TPSA) is 57.6 Å². The Kier molecular flexibility index (Phi) is 6.37. The van der Waals surface area contributed by atoms with Gasteiger partial charge in [0.25, 0.3) is 5.91 Å². The van der Waals surface area contributed by atoms with E-state index in [0.717, 1.165) is 32.3 Å². The molecule has 0 fully saturated rings. The van der Waals surface area contributed by atoms with E-state index in [4.69, 9.17) is 0 Å². The lowest BCUT2D eigenvalue weighted by atomic mass is 9.88. The molecule has 4 aromatic carbocycles. The van der Waals surface area contributed by atoms with Crippen molar-refractivity contribution in [1.29, 1.82) is 0 Å². The molecule has 0 saturated carbocycles. The maximum absolute atomic E-state index is 13.7. The Hall–Kier alpha value is -3.54. The number of rotatable bonds is 6. The van der Waals surface area contributed by atoms with E-state index in [1.165, 1.54) is 0 Å². The molecule has 1 N–H and O–H groups in total. The molecule has 5 heteroatoms. The molecule has 0 spiro atoms. The average molecular weight is 540 g/mol. The molecule has 1 amide bonds. The van der Waals surface area contributed by atoms with Gasteiger partial charge in [-0.3, -0.25) is 9.59 Å². The molecule has 1 atom stereocenters. The summed E-state index contributed by atoms with van der Waals surface area (Å²) in [5.41, 5.74) is 4.81. The van der Waals surface area contributed by atoms with Crippen LogP contribution in [0.25, 0.3) is 11.1 Å². The minimum Gasteiger partial charge on any atom is -0.375 e. The number of carbonyl (C=O) groups is 2. The highest BCUT2D eigenvalue weighted by Gasteiger charge is 2.51. The molecule has 5 rings (SSSR count). The fraction of sp³-hybridized carbons (Fsp3) is 0.161. The summed E-state index contributed by atoms with van der Waals surface area (Å²) < 4.78 is 0.737. The third-order valence-electron chi connectivity index (χ3n) is 6.86. The van der Waals surface area contributed by atoms with Gasteiger partial charge in [-0.05, 0) is 54.3 Å². The number of benzene rings is 4. The number of Topliss-reactive ketones (excluding diaryl/α,β-unsaturated/α-hetero) is 1. The largest absolute Gasteiger partial charge is 0.375 e. The summed E-state index contributed by atoms with van der Waals surface area (Å²) in [6.07, 6.45) is -0.330.